The zero-order valence-electron chi connectivity index (χ0n) is 10.8. The van der Waals surface area contributed by atoms with Crippen LogP contribution < -0.4 is 4.74 Å². The van der Waals surface area contributed by atoms with Crippen molar-refractivity contribution in [2.45, 2.75) is 13.5 Å². The van der Waals surface area contributed by atoms with Gasteiger partial charge in [-0.05, 0) is 36.8 Å². The first-order chi connectivity index (χ1) is 9.31. The number of aromatic nitrogens is 1. The molecule has 0 bridgehead atoms. The van der Waals surface area contributed by atoms with Gasteiger partial charge in [-0.15, -0.1) is 0 Å². The summed E-state index contributed by atoms with van der Waals surface area (Å²) in [5.41, 5.74) is 3.43. The van der Waals surface area contributed by atoms with Crippen molar-refractivity contribution >= 4 is 10.9 Å². The highest BCUT2D eigenvalue weighted by Gasteiger charge is 1.99. The molecule has 2 heteroatoms. The van der Waals surface area contributed by atoms with Crippen molar-refractivity contribution in [3.8, 4) is 5.75 Å². The van der Waals surface area contributed by atoms with Crippen molar-refractivity contribution in [3.63, 3.8) is 0 Å². The Balaban J connectivity index is 1.76. The first-order valence-corrected chi connectivity index (χ1v) is 6.34. The van der Waals surface area contributed by atoms with Gasteiger partial charge in [0, 0.05) is 11.6 Å². The van der Waals surface area contributed by atoms with E-state index in [1.165, 1.54) is 11.1 Å². The predicted molar refractivity (Wildman–Crippen MR) is 77.3 cm³/mol. The third-order valence-corrected chi connectivity index (χ3v) is 3.10. The van der Waals surface area contributed by atoms with E-state index in [-0.39, 0.29) is 0 Å². The summed E-state index contributed by atoms with van der Waals surface area (Å²) in [4.78, 5) is 4.29. The van der Waals surface area contributed by atoms with Crippen LogP contribution >= 0.6 is 0 Å². The summed E-state index contributed by atoms with van der Waals surface area (Å²) < 4.78 is 5.81. The lowest BCUT2D eigenvalue weighted by atomic mass is 10.2. The molecule has 1 aromatic heterocycles. The molecular formula is C17H15NO. The van der Waals surface area contributed by atoms with Crippen molar-refractivity contribution in [3.05, 3.63) is 71.9 Å². The molecular weight excluding hydrogens is 234 g/mol. The molecule has 0 fully saturated rings. The van der Waals surface area contributed by atoms with E-state index in [0.29, 0.717) is 6.61 Å². The zero-order valence-corrected chi connectivity index (χ0v) is 10.8. The normalized spacial score (nSPS) is 10.6. The molecule has 0 atom stereocenters. The largest absolute Gasteiger partial charge is 0.489 e. The fourth-order valence-corrected chi connectivity index (χ4v) is 1.99. The number of hydrogen-bond donors (Lipinski definition) is 0. The Morgan fingerprint density at radius 3 is 2.68 bits per heavy atom. The van der Waals surface area contributed by atoms with Gasteiger partial charge in [0.15, 0.2) is 0 Å². The van der Waals surface area contributed by atoms with Gasteiger partial charge in [-0.25, -0.2) is 0 Å². The zero-order chi connectivity index (χ0) is 13.1. The van der Waals surface area contributed by atoms with E-state index in [1.54, 1.807) is 6.20 Å². The fraction of sp³-hybridized carbons (Fsp3) is 0.118. The number of fused-ring (bicyclic) bond motifs is 1. The molecule has 0 spiro atoms. The third kappa shape index (κ3) is 2.74. The predicted octanol–water partition coefficient (Wildman–Crippen LogP) is 4.12. The maximum Gasteiger partial charge on any atom is 0.120 e. The minimum atomic E-state index is 0.589. The second-order valence-corrected chi connectivity index (χ2v) is 4.63. The second kappa shape index (κ2) is 5.11. The van der Waals surface area contributed by atoms with Crippen molar-refractivity contribution in [2.75, 3.05) is 0 Å². The van der Waals surface area contributed by atoms with E-state index in [2.05, 4.69) is 36.2 Å². The van der Waals surface area contributed by atoms with Gasteiger partial charge in [-0.2, -0.15) is 0 Å². The second-order valence-electron chi connectivity index (χ2n) is 4.63. The quantitative estimate of drug-likeness (QED) is 0.696. The molecule has 0 aliphatic carbocycles. The number of rotatable bonds is 3. The summed E-state index contributed by atoms with van der Waals surface area (Å²) >= 11 is 0. The van der Waals surface area contributed by atoms with Gasteiger partial charge in [0.2, 0.25) is 0 Å². The van der Waals surface area contributed by atoms with Gasteiger partial charge in [0.05, 0.1) is 5.52 Å². The molecule has 19 heavy (non-hydrogen) atoms. The number of benzene rings is 2. The Labute approximate surface area is 112 Å². The summed E-state index contributed by atoms with van der Waals surface area (Å²) in [5, 5.41) is 1.10. The summed E-state index contributed by atoms with van der Waals surface area (Å²) in [6.07, 6.45) is 1.80. The van der Waals surface area contributed by atoms with Crippen LogP contribution in [0.4, 0.5) is 0 Å². The third-order valence-electron chi connectivity index (χ3n) is 3.10. The Bertz CT molecular complexity index is 689. The number of pyridine rings is 1. The van der Waals surface area contributed by atoms with Gasteiger partial charge in [0.1, 0.15) is 12.4 Å². The van der Waals surface area contributed by atoms with Crippen molar-refractivity contribution < 1.29 is 4.74 Å². The highest BCUT2D eigenvalue weighted by Crippen LogP contribution is 2.20. The van der Waals surface area contributed by atoms with Crippen LogP contribution in [0.3, 0.4) is 0 Å². The maximum atomic E-state index is 5.81. The van der Waals surface area contributed by atoms with Gasteiger partial charge in [-0.3, -0.25) is 4.98 Å². The first-order valence-electron chi connectivity index (χ1n) is 6.34. The van der Waals surface area contributed by atoms with Crippen LogP contribution in [-0.4, -0.2) is 4.98 Å². The van der Waals surface area contributed by atoms with Crippen LogP contribution in [0.2, 0.25) is 0 Å². The lowest BCUT2D eigenvalue weighted by Gasteiger charge is -2.07. The monoisotopic (exact) mass is 249 g/mol. The van der Waals surface area contributed by atoms with E-state index in [9.17, 15) is 0 Å². The number of ether oxygens (including phenoxy) is 1. The van der Waals surface area contributed by atoms with E-state index >= 15 is 0 Å². The summed E-state index contributed by atoms with van der Waals surface area (Å²) in [5.74, 6) is 0.876. The van der Waals surface area contributed by atoms with Crippen molar-refractivity contribution in [1.29, 1.82) is 0 Å². The lowest BCUT2D eigenvalue weighted by Crippen LogP contribution is -1.95. The molecule has 3 aromatic rings. The molecule has 1 heterocycles. The van der Waals surface area contributed by atoms with Gasteiger partial charge < -0.3 is 4.74 Å². The topological polar surface area (TPSA) is 22.1 Å². The SMILES string of the molecule is Cc1ccc(COc2ccc3ncccc3c2)cc1. The first kappa shape index (κ1) is 11.7. The van der Waals surface area contributed by atoms with E-state index in [1.807, 2.05) is 30.3 Å². The molecule has 0 aliphatic rings. The fourth-order valence-electron chi connectivity index (χ4n) is 1.99. The maximum absolute atomic E-state index is 5.81. The van der Waals surface area contributed by atoms with Crippen LogP contribution in [0.25, 0.3) is 10.9 Å². The molecule has 3 rings (SSSR count). The molecule has 0 radical (unpaired) electrons. The smallest absolute Gasteiger partial charge is 0.120 e. The highest BCUT2D eigenvalue weighted by molar-refractivity contribution is 5.79. The number of hydrogen-bond acceptors (Lipinski definition) is 2. The van der Waals surface area contributed by atoms with E-state index < -0.39 is 0 Å². The molecule has 0 amide bonds. The number of aryl methyl sites for hydroxylation is 1. The Kier molecular flexibility index (Phi) is 3.15. The van der Waals surface area contributed by atoms with Crippen LogP contribution in [0.1, 0.15) is 11.1 Å². The standard InChI is InChI=1S/C17H15NO/c1-13-4-6-14(7-5-13)12-19-16-8-9-17-15(11-16)3-2-10-18-17/h2-11H,12H2,1H3. The Morgan fingerprint density at radius 1 is 1.00 bits per heavy atom. The Morgan fingerprint density at radius 2 is 1.84 bits per heavy atom. The molecule has 0 aliphatic heterocycles. The molecule has 0 saturated heterocycles. The van der Waals surface area contributed by atoms with E-state index in [0.717, 1.165) is 16.7 Å². The molecule has 0 N–H and O–H groups in total. The van der Waals surface area contributed by atoms with Gasteiger partial charge in [0.25, 0.3) is 0 Å². The average Bonchev–Trinajstić information content (AvgIpc) is 2.46. The molecule has 2 aromatic carbocycles. The van der Waals surface area contributed by atoms with Gasteiger partial charge in [-0.1, -0.05) is 35.9 Å². The van der Waals surface area contributed by atoms with Crippen molar-refractivity contribution in [1.82, 2.24) is 4.98 Å². The van der Waals surface area contributed by atoms with Crippen LogP contribution in [0.5, 0.6) is 5.75 Å². The summed E-state index contributed by atoms with van der Waals surface area (Å²) in [7, 11) is 0. The molecule has 0 saturated carbocycles. The van der Waals surface area contributed by atoms with Crippen molar-refractivity contribution in [2.24, 2.45) is 0 Å². The van der Waals surface area contributed by atoms with Crippen LogP contribution in [0, 0.1) is 6.92 Å². The molecule has 94 valence electrons. The Hall–Kier alpha value is -2.35. The lowest BCUT2D eigenvalue weighted by molar-refractivity contribution is 0.306. The summed E-state index contributed by atoms with van der Waals surface area (Å²) in [6, 6.07) is 18.3. The van der Waals surface area contributed by atoms with E-state index in [4.69, 9.17) is 4.74 Å². The van der Waals surface area contributed by atoms with Gasteiger partial charge >= 0.3 is 0 Å². The molecule has 2 nitrogen and oxygen atoms in total. The molecule has 0 unspecified atom stereocenters. The number of nitrogens with zero attached hydrogens (tertiary/aromatic N) is 1. The summed E-state index contributed by atoms with van der Waals surface area (Å²) in [6.45, 7) is 2.67. The minimum absolute atomic E-state index is 0.589. The highest BCUT2D eigenvalue weighted by atomic mass is 16.5. The van der Waals surface area contributed by atoms with Crippen LogP contribution in [0.15, 0.2) is 60.8 Å². The van der Waals surface area contributed by atoms with Crippen LogP contribution in [-0.2, 0) is 6.61 Å². The average molecular weight is 249 g/mol. The minimum Gasteiger partial charge on any atom is -0.489 e.